The first-order valence-electron chi connectivity index (χ1n) is 3.91. The molecule has 0 heterocycles. The molecule has 0 aliphatic heterocycles. The number of halogens is 4. The van der Waals surface area contributed by atoms with Crippen molar-refractivity contribution in [3.8, 4) is 0 Å². The summed E-state index contributed by atoms with van der Waals surface area (Å²) in [5.41, 5.74) is 2.31. The predicted molar refractivity (Wildman–Crippen MR) is 45.8 cm³/mol. The zero-order valence-electron chi connectivity index (χ0n) is 7.65. The highest BCUT2D eigenvalue weighted by Crippen LogP contribution is 2.35. The largest absolute Gasteiger partial charge is 0.418 e. The summed E-state index contributed by atoms with van der Waals surface area (Å²) >= 11 is 0. The lowest BCUT2D eigenvalue weighted by Gasteiger charge is -2.12. The van der Waals surface area contributed by atoms with Crippen LogP contribution in [0.25, 0.3) is 0 Å². The van der Waals surface area contributed by atoms with Crippen LogP contribution in [0.15, 0.2) is 12.1 Å². The summed E-state index contributed by atoms with van der Waals surface area (Å²) < 4.78 is 49.9. The first-order chi connectivity index (χ1) is 6.75. The van der Waals surface area contributed by atoms with E-state index in [1.807, 2.05) is 0 Å². The molecule has 1 aromatic carbocycles. The van der Waals surface area contributed by atoms with Crippen molar-refractivity contribution >= 4 is 11.5 Å². The quantitative estimate of drug-likeness (QED) is 0.450. The Kier molecular flexibility index (Phi) is 2.70. The minimum Gasteiger partial charge on any atom is -0.398 e. The number of benzene rings is 1. The number of hydrogen-bond acceptors (Lipinski definition) is 2. The van der Waals surface area contributed by atoms with Crippen molar-refractivity contribution < 1.29 is 22.4 Å². The summed E-state index contributed by atoms with van der Waals surface area (Å²) in [5, 5.41) is 0. The van der Waals surface area contributed by atoms with E-state index in [-0.39, 0.29) is 0 Å². The molecule has 6 heteroatoms. The van der Waals surface area contributed by atoms with Gasteiger partial charge in [-0.1, -0.05) is 0 Å². The molecular formula is C9H7F4NO. The number of alkyl halides is 3. The first kappa shape index (κ1) is 11.5. The first-order valence-corrected chi connectivity index (χ1v) is 3.91. The van der Waals surface area contributed by atoms with Crippen LogP contribution < -0.4 is 5.73 Å². The molecule has 0 amide bonds. The average molecular weight is 221 g/mol. The highest BCUT2D eigenvalue weighted by molar-refractivity contribution is 6.00. The Morgan fingerprint density at radius 3 is 2.27 bits per heavy atom. The molecule has 2 nitrogen and oxygen atoms in total. The summed E-state index contributed by atoms with van der Waals surface area (Å²) in [6.45, 7) is 0.953. The zero-order valence-corrected chi connectivity index (χ0v) is 7.65. The number of ketones is 1. The van der Waals surface area contributed by atoms with Crippen LogP contribution in [0.2, 0.25) is 0 Å². The van der Waals surface area contributed by atoms with Crippen molar-refractivity contribution in [3.63, 3.8) is 0 Å². The number of hydrogen-bond donors (Lipinski definition) is 1. The van der Waals surface area contributed by atoms with Crippen molar-refractivity contribution in [2.75, 3.05) is 5.73 Å². The SMILES string of the molecule is CC(=O)c1c(F)ccc(C(F)(F)F)c1N. The summed E-state index contributed by atoms with van der Waals surface area (Å²) in [5.74, 6) is -1.89. The lowest BCUT2D eigenvalue weighted by molar-refractivity contribution is -0.136. The van der Waals surface area contributed by atoms with Crippen molar-refractivity contribution in [1.29, 1.82) is 0 Å². The maximum atomic E-state index is 13.0. The molecule has 0 atom stereocenters. The number of rotatable bonds is 1. The molecular weight excluding hydrogens is 214 g/mol. The molecule has 2 N–H and O–H groups in total. The maximum Gasteiger partial charge on any atom is 0.418 e. The number of anilines is 1. The van der Waals surface area contributed by atoms with E-state index >= 15 is 0 Å². The summed E-state index contributed by atoms with van der Waals surface area (Å²) in [6.07, 6.45) is -4.69. The van der Waals surface area contributed by atoms with Crippen LogP contribution in [0.4, 0.5) is 23.2 Å². The van der Waals surface area contributed by atoms with Gasteiger partial charge in [0.15, 0.2) is 5.78 Å². The Balaban J connectivity index is 3.49. The molecule has 1 rings (SSSR count). The van der Waals surface area contributed by atoms with Gasteiger partial charge in [0.2, 0.25) is 0 Å². The fraction of sp³-hybridized carbons (Fsp3) is 0.222. The zero-order chi connectivity index (χ0) is 11.8. The third-order valence-electron chi connectivity index (χ3n) is 1.85. The van der Waals surface area contributed by atoms with Crippen LogP contribution in [0.3, 0.4) is 0 Å². The van der Waals surface area contributed by atoms with Crippen molar-refractivity contribution in [2.45, 2.75) is 13.1 Å². The Labute approximate surface area is 82.7 Å². The second kappa shape index (κ2) is 3.52. The van der Waals surface area contributed by atoms with Crippen molar-refractivity contribution in [3.05, 3.63) is 29.1 Å². The molecule has 0 aliphatic carbocycles. The highest BCUT2D eigenvalue weighted by Gasteiger charge is 2.35. The third-order valence-corrected chi connectivity index (χ3v) is 1.85. The molecule has 82 valence electrons. The van der Waals surface area contributed by atoms with Crippen molar-refractivity contribution in [1.82, 2.24) is 0 Å². The number of nitrogens with two attached hydrogens (primary N) is 1. The van der Waals surface area contributed by atoms with Gasteiger partial charge in [0, 0.05) is 0 Å². The fourth-order valence-electron chi connectivity index (χ4n) is 1.20. The highest BCUT2D eigenvalue weighted by atomic mass is 19.4. The Hall–Kier alpha value is -1.59. The van der Waals surface area contributed by atoms with E-state index in [1.165, 1.54) is 0 Å². The van der Waals surface area contributed by atoms with Gasteiger partial charge in [0.1, 0.15) is 5.82 Å². The number of carbonyl (C=O) groups excluding carboxylic acids is 1. The maximum absolute atomic E-state index is 13.0. The smallest absolute Gasteiger partial charge is 0.398 e. The Bertz CT molecular complexity index is 411. The minimum atomic E-state index is -4.69. The summed E-state index contributed by atoms with van der Waals surface area (Å²) in [6, 6.07) is 1.09. The van der Waals surface area contributed by atoms with E-state index in [0.717, 1.165) is 6.92 Å². The Morgan fingerprint density at radius 1 is 1.33 bits per heavy atom. The molecule has 0 spiro atoms. The molecule has 0 bridgehead atoms. The molecule has 15 heavy (non-hydrogen) atoms. The van der Waals surface area contributed by atoms with Gasteiger partial charge in [-0.15, -0.1) is 0 Å². The van der Waals surface area contributed by atoms with Crippen molar-refractivity contribution in [2.24, 2.45) is 0 Å². The predicted octanol–water partition coefficient (Wildman–Crippen LogP) is 2.63. The summed E-state index contributed by atoms with van der Waals surface area (Å²) in [7, 11) is 0. The standard InChI is InChI=1S/C9H7F4NO/c1-4(15)7-6(10)3-2-5(8(7)14)9(11,12)13/h2-3H,14H2,1H3. The molecule has 0 radical (unpaired) electrons. The molecule has 0 unspecified atom stereocenters. The van der Waals surface area contributed by atoms with Gasteiger partial charge in [0.05, 0.1) is 16.8 Å². The van der Waals surface area contributed by atoms with Crippen LogP contribution in [0.5, 0.6) is 0 Å². The number of carbonyl (C=O) groups is 1. The molecule has 0 aliphatic rings. The average Bonchev–Trinajstić information content (AvgIpc) is 2.00. The monoisotopic (exact) mass is 221 g/mol. The van der Waals surface area contributed by atoms with E-state index in [1.54, 1.807) is 0 Å². The van der Waals surface area contributed by atoms with Gasteiger partial charge in [0.25, 0.3) is 0 Å². The van der Waals surface area contributed by atoms with Crippen LogP contribution in [0, 0.1) is 5.82 Å². The van der Waals surface area contributed by atoms with E-state index in [2.05, 4.69) is 0 Å². The van der Waals surface area contributed by atoms with E-state index in [4.69, 9.17) is 5.73 Å². The second-order valence-corrected chi connectivity index (χ2v) is 2.94. The molecule has 0 saturated carbocycles. The molecule has 0 saturated heterocycles. The topological polar surface area (TPSA) is 43.1 Å². The molecule has 0 fully saturated rings. The lowest BCUT2D eigenvalue weighted by atomic mass is 10.0. The second-order valence-electron chi connectivity index (χ2n) is 2.94. The van der Waals surface area contributed by atoms with Crippen LogP contribution >= 0.6 is 0 Å². The Morgan fingerprint density at radius 2 is 1.87 bits per heavy atom. The van der Waals surface area contributed by atoms with Gasteiger partial charge in [-0.2, -0.15) is 13.2 Å². The number of nitrogen functional groups attached to an aromatic ring is 1. The summed E-state index contributed by atoms with van der Waals surface area (Å²) in [4.78, 5) is 10.9. The van der Waals surface area contributed by atoms with E-state index in [9.17, 15) is 22.4 Å². The minimum absolute atomic E-state index is 0.511. The third kappa shape index (κ3) is 2.08. The van der Waals surface area contributed by atoms with Gasteiger partial charge < -0.3 is 5.73 Å². The molecule has 0 aromatic heterocycles. The van der Waals surface area contributed by atoms with Gasteiger partial charge >= 0.3 is 6.18 Å². The van der Waals surface area contributed by atoms with Gasteiger partial charge in [-0.05, 0) is 19.1 Å². The molecule has 1 aromatic rings. The normalized spacial score (nSPS) is 11.5. The van der Waals surface area contributed by atoms with Crippen LogP contribution in [-0.4, -0.2) is 5.78 Å². The van der Waals surface area contributed by atoms with Crippen LogP contribution in [0.1, 0.15) is 22.8 Å². The number of Topliss-reactive ketones (excluding diaryl/α,β-unsaturated/α-hetero) is 1. The van der Waals surface area contributed by atoms with E-state index < -0.39 is 34.6 Å². The van der Waals surface area contributed by atoms with E-state index in [0.29, 0.717) is 12.1 Å². The van der Waals surface area contributed by atoms with Gasteiger partial charge in [-0.25, -0.2) is 4.39 Å². The van der Waals surface area contributed by atoms with Crippen LogP contribution in [-0.2, 0) is 6.18 Å². The fourth-order valence-corrected chi connectivity index (χ4v) is 1.20. The lowest BCUT2D eigenvalue weighted by Crippen LogP contribution is -2.13. The van der Waals surface area contributed by atoms with Gasteiger partial charge in [-0.3, -0.25) is 4.79 Å².